The number of methoxy groups -OCH3 is 1. The second-order valence-electron chi connectivity index (χ2n) is 8.09. The molecule has 176 valence electrons. The minimum Gasteiger partial charge on any atom is -0.493 e. The van der Waals surface area contributed by atoms with E-state index in [0.717, 1.165) is 33.7 Å². The van der Waals surface area contributed by atoms with Gasteiger partial charge in [-0.1, -0.05) is 17.3 Å². The van der Waals surface area contributed by atoms with Gasteiger partial charge in [0.25, 0.3) is 5.91 Å². The predicted molar refractivity (Wildman–Crippen MR) is 133 cm³/mol. The van der Waals surface area contributed by atoms with Crippen LogP contribution < -0.4 is 14.8 Å². The van der Waals surface area contributed by atoms with Gasteiger partial charge in [0, 0.05) is 16.8 Å². The van der Waals surface area contributed by atoms with E-state index < -0.39 is 0 Å². The van der Waals surface area contributed by atoms with Crippen molar-refractivity contribution >= 4 is 22.6 Å². The van der Waals surface area contributed by atoms with Crippen LogP contribution in [0.25, 0.3) is 22.4 Å². The molecule has 0 unspecified atom stereocenters. The molecule has 0 saturated heterocycles. The van der Waals surface area contributed by atoms with Crippen molar-refractivity contribution in [1.82, 2.24) is 15.1 Å². The number of carbonyl (C=O) groups excluding carboxylic acids is 1. The van der Waals surface area contributed by atoms with Gasteiger partial charge in [-0.2, -0.15) is 0 Å². The molecule has 8 nitrogen and oxygen atoms in total. The standard InChI is InChI=1S/C27H24N4O4/c1-16-21(17(2)35-31-16)15-34-24-13-10-19(14-25(24)33-3)27(32)28-20-11-8-18(9-12-20)26-29-22-6-4-5-7-23(22)30-26/h4-14H,15H2,1-3H3,(H,28,32)(H,29,30). The van der Waals surface area contributed by atoms with Gasteiger partial charge in [0.05, 0.1) is 29.4 Å². The number of para-hydroxylation sites is 2. The fourth-order valence-corrected chi connectivity index (χ4v) is 3.79. The summed E-state index contributed by atoms with van der Waals surface area (Å²) in [6.45, 7) is 4.00. The van der Waals surface area contributed by atoms with Crippen LogP contribution in [0.4, 0.5) is 5.69 Å². The number of carbonyl (C=O) groups is 1. The number of aryl methyl sites for hydroxylation is 2. The third kappa shape index (κ3) is 4.59. The van der Waals surface area contributed by atoms with Crippen molar-refractivity contribution in [2.24, 2.45) is 0 Å². The summed E-state index contributed by atoms with van der Waals surface area (Å²) < 4.78 is 16.5. The molecule has 0 bridgehead atoms. The summed E-state index contributed by atoms with van der Waals surface area (Å²) in [6.07, 6.45) is 0. The van der Waals surface area contributed by atoms with E-state index in [9.17, 15) is 4.79 Å². The van der Waals surface area contributed by atoms with Crippen molar-refractivity contribution in [1.29, 1.82) is 0 Å². The zero-order chi connectivity index (χ0) is 24.4. The van der Waals surface area contributed by atoms with Gasteiger partial charge in [0.2, 0.25) is 0 Å². The number of nitrogens with one attached hydrogen (secondary N) is 2. The van der Waals surface area contributed by atoms with Gasteiger partial charge in [0.15, 0.2) is 11.5 Å². The Morgan fingerprint density at radius 2 is 1.83 bits per heavy atom. The molecular formula is C27H24N4O4. The van der Waals surface area contributed by atoms with Gasteiger partial charge in [-0.15, -0.1) is 0 Å². The third-order valence-corrected chi connectivity index (χ3v) is 5.78. The number of hydrogen-bond donors (Lipinski definition) is 2. The van der Waals surface area contributed by atoms with Gasteiger partial charge in [0.1, 0.15) is 18.2 Å². The first kappa shape index (κ1) is 22.2. The van der Waals surface area contributed by atoms with Gasteiger partial charge < -0.3 is 24.3 Å². The van der Waals surface area contributed by atoms with E-state index in [-0.39, 0.29) is 5.91 Å². The van der Waals surface area contributed by atoms with Crippen LogP contribution in [0.5, 0.6) is 11.5 Å². The molecule has 2 heterocycles. The lowest BCUT2D eigenvalue weighted by atomic mass is 10.1. The molecule has 0 spiro atoms. The first-order valence-electron chi connectivity index (χ1n) is 11.1. The lowest BCUT2D eigenvalue weighted by Gasteiger charge is -2.12. The third-order valence-electron chi connectivity index (χ3n) is 5.78. The fourth-order valence-electron chi connectivity index (χ4n) is 3.79. The number of amides is 1. The summed E-state index contributed by atoms with van der Waals surface area (Å²) in [5, 5.41) is 6.85. The van der Waals surface area contributed by atoms with Crippen molar-refractivity contribution in [3.8, 4) is 22.9 Å². The first-order chi connectivity index (χ1) is 17.0. The summed E-state index contributed by atoms with van der Waals surface area (Å²) in [4.78, 5) is 20.8. The fraction of sp³-hybridized carbons (Fsp3) is 0.148. The summed E-state index contributed by atoms with van der Waals surface area (Å²) in [6, 6.07) is 20.5. The van der Waals surface area contributed by atoms with Crippen molar-refractivity contribution in [3.05, 3.63) is 89.3 Å². The van der Waals surface area contributed by atoms with Crippen LogP contribution in [-0.2, 0) is 6.61 Å². The number of imidazole rings is 1. The lowest BCUT2D eigenvalue weighted by Crippen LogP contribution is -2.12. The van der Waals surface area contributed by atoms with Crippen LogP contribution in [-0.4, -0.2) is 28.1 Å². The van der Waals surface area contributed by atoms with Crippen molar-refractivity contribution in [3.63, 3.8) is 0 Å². The zero-order valence-electron chi connectivity index (χ0n) is 19.6. The van der Waals surface area contributed by atoms with Crippen molar-refractivity contribution in [2.45, 2.75) is 20.5 Å². The number of rotatable bonds is 7. The molecule has 0 saturated carbocycles. The monoisotopic (exact) mass is 468 g/mol. The number of hydrogen-bond acceptors (Lipinski definition) is 6. The molecule has 5 rings (SSSR count). The highest BCUT2D eigenvalue weighted by Gasteiger charge is 2.15. The van der Waals surface area contributed by atoms with Crippen LogP contribution in [0.1, 0.15) is 27.4 Å². The Hall–Kier alpha value is -4.59. The van der Waals surface area contributed by atoms with Crippen LogP contribution >= 0.6 is 0 Å². The minimum atomic E-state index is -0.253. The minimum absolute atomic E-state index is 0.253. The average molecular weight is 469 g/mol. The smallest absolute Gasteiger partial charge is 0.255 e. The van der Waals surface area contributed by atoms with Gasteiger partial charge in [-0.3, -0.25) is 4.79 Å². The number of fused-ring (bicyclic) bond motifs is 1. The second kappa shape index (κ2) is 9.34. The topological polar surface area (TPSA) is 102 Å². The molecule has 0 atom stereocenters. The van der Waals surface area contributed by atoms with E-state index in [1.54, 1.807) is 18.2 Å². The van der Waals surface area contributed by atoms with Crippen molar-refractivity contribution < 1.29 is 18.8 Å². The second-order valence-corrected chi connectivity index (χ2v) is 8.09. The summed E-state index contributed by atoms with van der Waals surface area (Å²) in [5.74, 6) is 2.23. The van der Waals surface area contributed by atoms with Gasteiger partial charge in [-0.05, 0) is 68.4 Å². The molecule has 0 aliphatic rings. The van der Waals surface area contributed by atoms with Crippen LogP contribution in [0.2, 0.25) is 0 Å². The molecule has 1 amide bonds. The molecular weight excluding hydrogens is 444 g/mol. The van der Waals surface area contributed by atoms with E-state index in [0.29, 0.717) is 35.1 Å². The molecule has 2 N–H and O–H groups in total. The number of anilines is 1. The van der Waals surface area contributed by atoms with E-state index in [1.165, 1.54) is 7.11 Å². The van der Waals surface area contributed by atoms with Crippen LogP contribution in [0.15, 0.2) is 71.3 Å². The molecule has 35 heavy (non-hydrogen) atoms. The number of ether oxygens (including phenoxy) is 2. The molecule has 0 aliphatic heterocycles. The molecule has 0 radical (unpaired) electrons. The molecule has 0 fully saturated rings. The van der Waals surface area contributed by atoms with Gasteiger partial charge >= 0.3 is 0 Å². The first-order valence-corrected chi connectivity index (χ1v) is 11.1. The summed E-state index contributed by atoms with van der Waals surface area (Å²) in [7, 11) is 1.54. The maximum absolute atomic E-state index is 12.9. The number of H-pyrrole nitrogens is 1. The highest BCUT2D eigenvalue weighted by molar-refractivity contribution is 6.04. The average Bonchev–Trinajstić information content (AvgIpc) is 3.45. The number of aromatic nitrogens is 3. The zero-order valence-corrected chi connectivity index (χ0v) is 19.6. The van der Waals surface area contributed by atoms with E-state index in [1.807, 2.05) is 62.4 Å². The molecule has 3 aromatic carbocycles. The van der Waals surface area contributed by atoms with Crippen LogP contribution in [0, 0.1) is 13.8 Å². The quantitative estimate of drug-likeness (QED) is 0.319. The van der Waals surface area contributed by atoms with E-state index >= 15 is 0 Å². The Bertz CT molecular complexity index is 1450. The van der Waals surface area contributed by atoms with Crippen LogP contribution in [0.3, 0.4) is 0 Å². The maximum atomic E-state index is 12.9. The summed E-state index contributed by atoms with van der Waals surface area (Å²) >= 11 is 0. The normalized spacial score (nSPS) is 10.9. The Balaban J connectivity index is 1.27. The number of benzene rings is 3. The number of nitrogens with zero attached hydrogens (tertiary/aromatic N) is 2. The lowest BCUT2D eigenvalue weighted by molar-refractivity contribution is 0.102. The SMILES string of the molecule is COc1cc(C(=O)Nc2ccc(-c3nc4ccccc4[nH]3)cc2)ccc1OCc1c(C)noc1C. The molecule has 5 aromatic rings. The molecule has 2 aromatic heterocycles. The molecule has 8 heteroatoms. The predicted octanol–water partition coefficient (Wildman–Crippen LogP) is 5.67. The van der Waals surface area contributed by atoms with Gasteiger partial charge in [-0.25, -0.2) is 4.98 Å². The van der Waals surface area contributed by atoms with E-state index in [2.05, 4.69) is 20.4 Å². The largest absolute Gasteiger partial charge is 0.493 e. The Morgan fingerprint density at radius 3 is 2.54 bits per heavy atom. The Kier molecular flexibility index (Phi) is 5.93. The van der Waals surface area contributed by atoms with Crippen molar-refractivity contribution in [2.75, 3.05) is 12.4 Å². The van der Waals surface area contributed by atoms with E-state index in [4.69, 9.17) is 14.0 Å². The maximum Gasteiger partial charge on any atom is 0.255 e. The highest BCUT2D eigenvalue weighted by atomic mass is 16.5. The Labute approximate surface area is 201 Å². The highest BCUT2D eigenvalue weighted by Crippen LogP contribution is 2.30. The summed E-state index contributed by atoms with van der Waals surface area (Å²) in [5.41, 5.74) is 5.62. The Morgan fingerprint density at radius 1 is 1.03 bits per heavy atom. The number of aromatic amines is 1. The molecule has 0 aliphatic carbocycles.